The zero-order valence-corrected chi connectivity index (χ0v) is 9.27. The molecule has 1 saturated carbocycles. The summed E-state index contributed by atoms with van der Waals surface area (Å²) in [5, 5.41) is 5.08. The molecule has 0 aromatic carbocycles. The molecule has 0 aromatic heterocycles. The minimum atomic E-state index is -3.42. The summed E-state index contributed by atoms with van der Waals surface area (Å²) in [4.78, 5) is 0. The Labute approximate surface area is 84.9 Å². The number of primary sulfonamides is 1. The molecule has 0 aromatic rings. The van der Waals surface area contributed by atoms with Crippen molar-refractivity contribution in [3.05, 3.63) is 0 Å². The van der Waals surface area contributed by atoms with E-state index in [0.717, 1.165) is 25.7 Å². The summed E-state index contributed by atoms with van der Waals surface area (Å²) in [6.45, 7) is 2.85. The van der Waals surface area contributed by atoms with Gasteiger partial charge in [-0.05, 0) is 31.1 Å². The van der Waals surface area contributed by atoms with Gasteiger partial charge in [0.25, 0.3) is 0 Å². The summed E-state index contributed by atoms with van der Waals surface area (Å²) in [6.07, 6.45) is 3.86. The molecule has 2 unspecified atom stereocenters. The number of hydrogen-bond donors (Lipinski definition) is 1. The highest BCUT2D eigenvalue weighted by Crippen LogP contribution is 2.49. The van der Waals surface area contributed by atoms with Gasteiger partial charge in [0, 0.05) is 0 Å². The van der Waals surface area contributed by atoms with Crippen LogP contribution in [0.1, 0.15) is 32.6 Å². The lowest BCUT2D eigenvalue weighted by Crippen LogP contribution is -2.41. The summed E-state index contributed by atoms with van der Waals surface area (Å²) in [7, 11) is -3.42. The fourth-order valence-corrected chi connectivity index (χ4v) is 3.96. The molecular formula is C9H17NO3S. The van der Waals surface area contributed by atoms with E-state index < -0.39 is 15.6 Å². The number of nitrogens with two attached hydrogens (primary N) is 1. The molecule has 5 heteroatoms. The number of ether oxygens (including phenoxy) is 1. The summed E-state index contributed by atoms with van der Waals surface area (Å²) in [6, 6.07) is 0. The zero-order valence-electron chi connectivity index (χ0n) is 8.45. The van der Waals surface area contributed by atoms with Gasteiger partial charge in [-0.25, -0.2) is 13.6 Å². The average molecular weight is 219 g/mol. The molecule has 0 amide bonds. The molecule has 2 atom stereocenters. The van der Waals surface area contributed by atoms with Gasteiger partial charge in [0.15, 0.2) is 0 Å². The molecular weight excluding hydrogens is 202 g/mol. The number of sulfonamides is 1. The SMILES string of the molecule is CC12CCCC(CS(N)(=O)=O)(C1)OC2. The van der Waals surface area contributed by atoms with E-state index in [0.29, 0.717) is 6.61 Å². The van der Waals surface area contributed by atoms with Gasteiger partial charge in [-0.3, -0.25) is 0 Å². The number of fused-ring (bicyclic) bond motifs is 2. The van der Waals surface area contributed by atoms with Gasteiger partial charge in [-0.15, -0.1) is 0 Å². The largest absolute Gasteiger partial charge is 0.373 e. The predicted octanol–water partition coefficient (Wildman–Crippen LogP) is 0.624. The quantitative estimate of drug-likeness (QED) is 0.740. The molecule has 82 valence electrons. The minimum absolute atomic E-state index is 0.0183. The van der Waals surface area contributed by atoms with Crippen molar-refractivity contribution in [3.8, 4) is 0 Å². The van der Waals surface area contributed by atoms with Crippen LogP contribution in [0.15, 0.2) is 0 Å². The van der Waals surface area contributed by atoms with E-state index in [-0.39, 0.29) is 11.2 Å². The third-order valence-electron chi connectivity index (χ3n) is 3.35. The van der Waals surface area contributed by atoms with Crippen LogP contribution in [0.25, 0.3) is 0 Å². The minimum Gasteiger partial charge on any atom is -0.373 e. The molecule has 1 aliphatic heterocycles. The second kappa shape index (κ2) is 2.93. The van der Waals surface area contributed by atoms with E-state index in [2.05, 4.69) is 6.92 Å². The van der Waals surface area contributed by atoms with E-state index in [4.69, 9.17) is 9.88 Å². The van der Waals surface area contributed by atoms with Crippen LogP contribution in [0.2, 0.25) is 0 Å². The summed E-state index contributed by atoms with van der Waals surface area (Å²) in [5.41, 5.74) is -0.288. The fourth-order valence-electron chi connectivity index (χ4n) is 2.90. The van der Waals surface area contributed by atoms with Crippen LogP contribution < -0.4 is 5.14 Å². The van der Waals surface area contributed by atoms with Crippen LogP contribution in [0.5, 0.6) is 0 Å². The summed E-state index contributed by atoms with van der Waals surface area (Å²) in [5.74, 6) is -0.0183. The van der Waals surface area contributed by atoms with Crippen LogP contribution in [0, 0.1) is 5.41 Å². The van der Waals surface area contributed by atoms with Crippen molar-refractivity contribution >= 4 is 10.0 Å². The molecule has 2 aliphatic rings. The van der Waals surface area contributed by atoms with E-state index in [1.807, 2.05) is 0 Å². The van der Waals surface area contributed by atoms with Crippen molar-refractivity contribution in [2.75, 3.05) is 12.4 Å². The predicted molar refractivity (Wildman–Crippen MR) is 53.2 cm³/mol. The molecule has 1 saturated heterocycles. The lowest BCUT2D eigenvalue weighted by molar-refractivity contribution is 0.0176. The Morgan fingerprint density at radius 3 is 2.79 bits per heavy atom. The molecule has 2 N–H and O–H groups in total. The molecule has 0 radical (unpaired) electrons. The maximum atomic E-state index is 11.1. The van der Waals surface area contributed by atoms with Crippen molar-refractivity contribution in [2.45, 2.75) is 38.2 Å². The Balaban J connectivity index is 2.18. The van der Waals surface area contributed by atoms with E-state index in [9.17, 15) is 8.42 Å². The summed E-state index contributed by atoms with van der Waals surface area (Å²) >= 11 is 0. The van der Waals surface area contributed by atoms with Crippen LogP contribution in [-0.2, 0) is 14.8 Å². The van der Waals surface area contributed by atoms with E-state index in [1.54, 1.807) is 0 Å². The van der Waals surface area contributed by atoms with Gasteiger partial charge in [0.05, 0.1) is 18.0 Å². The molecule has 1 aliphatic carbocycles. The maximum Gasteiger partial charge on any atom is 0.211 e. The second-order valence-corrected chi connectivity index (χ2v) is 6.73. The van der Waals surface area contributed by atoms with Crippen molar-refractivity contribution in [1.82, 2.24) is 0 Å². The first-order valence-corrected chi connectivity index (χ1v) is 6.69. The number of rotatable bonds is 2. The van der Waals surface area contributed by atoms with Crippen molar-refractivity contribution in [2.24, 2.45) is 10.6 Å². The molecule has 0 spiro atoms. The smallest absolute Gasteiger partial charge is 0.211 e. The normalized spacial score (nSPS) is 42.7. The van der Waals surface area contributed by atoms with E-state index in [1.165, 1.54) is 0 Å². The third kappa shape index (κ3) is 1.94. The fraction of sp³-hybridized carbons (Fsp3) is 1.00. The zero-order chi connectivity index (χ0) is 10.4. The Bertz CT molecular complexity index is 340. The van der Waals surface area contributed by atoms with Gasteiger partial charge in [0.1, 0.15) is 0 Å². The average Bonchev–Trinajstić information content (AvgIpc) is 2.18. The molecule has 2 bridgehead atoms. The first-order chi connectivity index (χ1) is 6.33. The topological polar surface area (TPSA) is 69.4 Å². The first kappa shape index (κ1) is 10.4. The van der Waals surface area contributed by atoms with Gasteiger partial charge in [-0.2, -0.15) is 0 Å². The first-order valence-electron chi connectivity index (χ1n) is 4.97. The molecule has 14 heavy (non-hydrogen) atoms. The van der Waals surface area contributed by atoms with Crippen LogP contribution in [0.4, 0.5) is 0 Å². The number of hydrogen-bond acceptors (Lipinski definition) is 3. The highest BCUT2D eigenvalue weighted by atomic mass is 32.2. The highest BCUT2D eigenvalue weighted by molar-refractivity contribution is 7.89. The second-order valence-electron chi connectivity index (χ2n) is 5.12. The molecule has 2 fully saturated rings. The Kier molecular flexibility index (Phi) is 2.18. The van der Waals surface area contributed by atoms with Crippen LogP contribution in [-0.4, -0.2) is 26.4 Å². The van der Waals surface area contributed by atoms with Crippen molar-refractivity contribution < 1.29 is 13.2 Å². The van der Waals surface area contributed by atoms with Crippen LogP contribution >= 0.6 is 0 Å². The van der Waals surface area contributed by atoms with Gasteiger partial charge >= 0.3 is 0 Å². The lowest BCUT2D eigenvalue weighted by atomic mass is 9.72. The molecule has 4 nitrogen and oxygen atoms in total. The third-order valence-corrected chi connectivity index (χ3v) is 4.28. The van der Waals surface area contributed by atoms with Gasteiger partial charge in [0.2, 0.25) is 10.0 Å². The Morgan fingerprint density at radius 1 is 1.43 bits per heavy atom. The standard InChI is InChI=1S/C9H17NO3S/c1-8-3-2-4-9(5-8,13-6-8)7-14(10,11)12/h2-7H2,1H3,(H2,10,11,12). The van der Waals surface area contributed by atoms with E-state index >= 15 is 0 Å². The molecule has 2 rings (SSSR count). The monoisotopic (exact) mass is 219 g/mol. The van der Waals surface area contributed by atoms with Gasteiger partial charge in [-0.1, -0.05) is 6.92 Å². The van der Waals surface area contributed by atoms with Crippen molar-refractivity contribution in [3.63, 3.8) is 0 Å². The maximum absolute atomic E-state index is 11.1. The lowest BCUT2D eigenvalue weighted by Gasteiger charge is -2.34. The Morgan fingerprint density at radius 2 is 2.14 bits per heavy atom. The Hall–Kier alpha value is -0.130. The van der Waals surface area contributed by atoms with Gasteiger partial charge < -0.3 is 4.74 Å². The molecule has 1 heterocycles. The van der Waals surface area contributed by atoms with Crippen molar-refractivity contribution in [1.29, 1.82) is 0 Å². The summed E-state index contributed by atoms with van der Waals surface area (Å²) < 4.78 is 27.9. The van der Waals surface area contributed by atoms with Crippen LogP contribution in [0.3, 0.4) is 0 Å². The highest BCUT2D eigenvalue weighted by Gasteiger charge is 2.51.